The van der Waals surface area contributed by atoms with E-state index < -0.39 is 5.95 Å². The molecule has 1 amide bonds. The van der Waals surface area contributed by atoms with E-state index in [0.717, 1.165) is 13.1 Å². The Kier molecular flexibility index (Phi) is 3.38. The minimum atomic E-state index is -0.562. The van der Waals surface area contributed by atoms with Crippen LogP contribution in [0, 0.1) is 5.95 Å². The van der Waals surface area contributed by atoms with Crippen LogP contribution in [0.2, 0.25) is 0 Å². The molecule has 17 heavy (non-hydrogen) atoms. The van der Waals surface area contributed by atoms with Gasteiger partial charge in [-0.2, -0.15) is 4.39 Å². The van der Waals surface area contributed by atoms with Gasteiger partial charge in [-0.3, -0.25) is 4.79 Å². The Morgan fingerprint density at radius 3 is 2.82 bits per heavy atom. The van der Waals surface area contributed by atoms with Crippen LogP contribution in [0.3, 0.4) is 0 Å². The lowest BCUT2D eigenvalue weighted by Crippen LogP contribution is -2.52. The highest BCUT2D eigenvalue weighted by atomic mass is 19.1. The molecule has 1 atom stereocenters. The number of piperazine rings is 1. The first kappa shape index (κ1) is 12.0. The number of rotatable bonds is 1. The second-order valence-corrected chi connectivity index (χ2v) is 4.48. The van der Waals surface area contributed by atoms with Crippen LogP contribution in [-0.2, 0) is 0 Å². The van der Waals surface area contributed by atoms with Crippen molar-refractivity contribution >= 4 is 5.91 Å². The predicted molar refractivity (Wildman–Crippen MR) is 62.2 cm³/mol. The number of carbonyl (C=O) groups excluding carboxylic acids is 1. The molecule has 0 bridgehead atoms. The molecule has 1 aromatic heterocycles. The van der Waals surface area contributed by atoms with Crippen molar-refractivity contribution in [2.24, 2.45) is 0 Å². The number of halogens is 1. The van der Waals surface area contributed by atoms with Crippen LogP contribution >= 0.6 is 0 Å². The van der Waals surface area contributed by atoms with Crippen molar-refractivity contribution in [3.05, 3.63) is 29.8 Å². The fourth-order valence-corrected chi connectivity index (χ4v) is 2.11. The molecule has 5 heteroatoms. The third-order valence-electron chi connectivity index (χ3n) is 3.07. The Morgan fingerprint density at radius 2 is 2.24 bits per heavy atom. The predicted octanol–water partition coefficient (Wildman–Crippen LogP) is 0.997. The summed E-state index contributed by atoms with van der Waals surface area (Å²) < 4.78 is 12.7. The van der Waals surface area contributed by atoms with E-state index in [1.807, 2.05) is 18.9 Å². The first-order valence-corrected chi connectivity index (χ1v) is 5.69. The number of carbonyl (C=O) groups is 1. The second-order valence-electron chi connectivity index (χ2n) is 4.48. The standard InChI is InChI=1S/C12H16FN3O/c1-9-8-15(2)5-6-16(9)12(17)10-3-4-11(13)14-7-10/h3-4,7,9H,5-6,8H2,1-2H3. The van der Waals surface area contributed by atoms with Crippen LogP contribution in [0.1, 0.15) is 17.3 Å². The molecule has 92 valence electrons. The van der Waals surface area contributed by atoms with Gasteiger partial charge < -0.3 is 9.80 Å². The van der Waals surface area contributed by atoms with Crippen LogP contribution in [0.25, 0.3) is 0 Å². The van der Waals surface area contributed by atoms with Crippen LogP contribution in [0.4, 0.5) is 4.39 Å². The normalized spacial score (nSPS) is 21.6. The van der Waals surface area contributed by atoms with Gasteiger partial charge in [-0.05, 0) is 26.1 Å². The van der Waals surface area contributed by atoms with Gasteiger partial charge >= 0.3 is 0 Å². The van der Waals surface area contributed by atoms with Gasteiger partial charge in [0.05, 0.1) is 5.56 Å². The average Bonchev–Trinajstić information content (AvgIpc) is 2.29. The van der Waals surface area contributed by atoms with Gasteiger partial charge in [-0.25, -0.2) is 4.98 Å². The van der Waals surface area contributed by atoms with Crippen molar-refractivity contribution < 1.29 is 9.18 Å². The number of pyridine rings is 1. The Morgan fingerprint density at radius 1 is 1.47 bits per heavy atom. The van der Waals surface area contributed by atoms with Gasteiger partial charge in [0.15, 0.2) is 0 Å². The molecule has 1 aliphatic rings. The summed E-state index contributed by atoms with van der Waals surface area (Å²) in [5.74, 6) is -0.633. The van der Waals surface area contributed by atoms with E-state index in [1.165, 1.54) is 18.3 Å². The lowest BCUT2D eigenvalue weighted by atomic mass is 10.1. The Hall–Kier alpha value is -1.49. The van der Waals surface area contributed by atoms with Crippen LogP contribution in [0.15, 0.2) is 18.3 Å². The van der Waals surface area contributed by atoms with E-state index in [4.69, 9.17) is 0 Å². The zero-order valence-electron chi connectivity index (χ0n) is 10.1. The summed E-state index contributed by atoms with van der Waals surface area (Å²) in [5, 5.41) is 0. The van der Waals surface area contributed by atoms with E-state index in [9.17, 15) is 9.18 Å². The van der Waals surface area contributed by atoms with E-state index in [-0.39, 0.29) is 11.9 Å². The maximum absolute atomic E-state index is 12.7. The van der Waals surface area contributed by atoms with Gasteiger partial charge in [0.1, 0.15) is 0 Å². The molecule has 0 saturated carbocycles. The topological polar surface area (TPSA) is 36.4 Å². The largest absolute Gasteiger partial charge is 0.333 e. The van der Waals surface area contributed by atoms with Crippen molar-refractivity contribution in [1.29, 1.82) is 0 Å². The summed E-state index contributed by atoms with van der Waals surface area (Å²) in [5.41, 5.74) is 0.447. The van der Waals surface area contributed by atoms with Crippen molar-refractivity contribution in [1.82, 2.24) is 14.8 Å². The highest BCUT2D eigenvalue weighted by molar-refractivity contribution is 5.94. The van der Waals surface area contributed by atoms with Gasteiger partial charge in [0.25, 0.3) is 5.91 Å². The minimum absolute atomic E-state index is 0.0712. The Balaban J connectivity index is 2.12. The highest BCUT2D eigenvalue weighted by Gasteiger charge is 2.26. The van der Waals surface area contributed by atoms with Crippen molar-refractivity contribution in [2.75, 3.05) is 26.7 Å². The highest BCUT2D eigenvalue weighted by Crippen LogP contribution is 2.12. The third-order valence-corrected chi connectivity index (χ3v) is 3.07. The minimum Gasteiger partial charge on any atom is -0.333 e. The Bertz CT molecular complexity index is 407. The summed E-state index contributed by atoms with van der Waals surface area (Å²) in [7, 11) is 2.04. The summed E-state index contributed by atoms with van der Waals surface area (Å²) in [6.45, 7) is 4.45. The van der Waals surface area contributed by atoms with Crippen LogP contribution in [0.5, 0.6) is 0 Å². The molecule has 2 rings (SSSR count). The molecule has 1 aromatic rings. The van der Waals surface area contributed by atoms with Crippen molar-refractivity contribution in [3.63, 3.8) is 0 Å². The molecule has 4 nitrogen and oxygen atoms in total. The van der Waals surface area contributed by atoms with Crippen LogP contribution in [-0.4, -0.2) is 53.4 Å². The van der Waals surface area contributed by atoms with E-state index in [1.54, 1.807) is 0 Å². The van der Waals surface area contributed by atoms with E-state index in [0.29, 0.717) is 12.1 Å². The maximum atomic E-state index is 12.7. The Labute approximate surface area is 100 Å². The number of aromatic nitrogens is 1. The van der Waals surface area contributed by atoms with Gasteiger partial charge in [-0.15, -0.1) is 0 Å². The maximum Gasteiger partial charge on any atom is 0.255 e. The second kappa shape index (κ2) is 4.79. The van der Waals surface area contributed by atoms with Crippen molar-refractivity contribution in [3.8, 4) is 0 Å². The van der Waals surface area contributed by atoms with Crippen LogP contribution < -0.4 is 0 Å². The molecule has 1 aliphatic heterocycles. The number of nitrogens with zero attached hydrogens (tertiary/aromatic N) is 3. The molecular weight excluding hydrogens is 221 g/mol. The van der Waals surface area contributed by atoms with Crippen molar-refractivity contribution in [2.45, 2.75) is 13.0 Å². The number of likely N-dealkylation sites (N-methyl/N-ethyl adjacent to an activating group) is 1. The summed E-state index contributed by atoms with van der Waals surface area (Å²) in [6, 6.07) is 2.87. The molecule has 0 spiro atoms. The van der Waals surface area contributed by atoms with Gasteiger partial charge in [-0.1, -0.05) is 0 Å². The number of amides is 1. The quantitative estimate of drug-likeness (QED) is 0.684. The summed E-state index contributed by atoms with van der Waals surface area (Å²) >= 11 is 0. The fourth-order valence-electron chi connectivity index (χ4n) is 2.11. The lowest BCUT2D eigenvalue weighted by Gasteiger charge is -2.38. The fraction of sp³-hybridized carbons (Fsp3) is 0.500. The first-order valence-electron chi connectivity index (χ1n) is 5.69. The molecular formula is C12H16FN3O. The number of hydrogen-bond donors (Lipinski definition) is 0. The molecule has 0 aliphatic carbocycles. The zero-order chi connectivity index (χ0) is 12.4. The number of hydrogen-bond acceptors (Lipinski definition) is 3. The molecule has 2 heterocycles. The third kappa shape index (κ3) is 2.61. The summed E-state index contributed by atoms with van der Waals surface area (Å²) in [4.78, 5) is 19.7. The van der Waals surface area contributed by atoms with E-state index in [2.05, 4.69) is 9.88 Å². The first-order chi connectivity index (χ1) is 8.08. The molecule has 0 aromatic carbocycles. The summed E-state index contributed by atoms with van der Waals surface area (Å²) in [6.07, 6.45) is 1.29. The SMILES string of the molecule is CC1CN(C)CCN1C(=O)c1ccc(F)nc1. The lowest BCUT2D eigenvalue weighted by molar-refractivity contribution is 0.0533. The smallest absolute Gasteiger partial charge is 0.255 e. The van der Waals surface area contributed by atoms with E-state index >= 15 is 0 Å². The molecule has 0 N–H and O–H groups in total. The average molecular weight is 237 g/mol. The molecule has 1 fully saturated rings. The molecule has 0 radical (unpaired) electrons. The molecule has 1 unspecified atom stereocenters. The van der Waals surface area contributed by atoms with Gasteiger partial charge in [0.2, 0.25) is 5.95 Å². The monoisotopic (exact) mass is 237 g/mol. The van der Waals surface area contributed by atoms with Gasteiger partial charge in [0, 0.05) is 31.9 Å². The molecule has 1 saturated heterocycles. The zero-order valence-corrected chi connectivity index (χ0v) is 10.1.